The number of aryl methyl sites for hydroxylation is 1. The molecule has 0 saturated carbocycles. The van der Waals surface area contributed by atoms with Crippen LogP contribution in [-0.4, -0.2) is 37.6 Å². The van der Waals surface area contributed by atoms with Crippen molar-refractivity contribution in [2.75, 3.05) is 20.1 Å². The molecule has 5 heteroatoms. The van der Waals surface area contributed by atoms with Crippen molar-refractivity contribution in [3.05, 3.63) is 29.3 Å². The molecule has 2 atom stereocenters. The molecule has 1 fully saturated rings. The Morgan fingerprint density at radius 2 is 2.05 bits per heavy atom. The lowest BCUT2D eigenvalue weighted by Gasteiger charge is -2.45. The van der Waals surface area contributed by atoms with Gasteiger partial charge in [-0.3, -0.25) is 0 Å². The summed E-state index contributed by atoms with van der Waals surface area (Å²) in [6, 6.07) is 5.06. The minimum atomic E-state index is -4.38. The highest BCUT2D eigenvalue weighted by Gasteiger charge is 2.36. The van der Waals surface area contributed by atoms with Crippen molar-refractivity contribution in [2.45, 2.75) is 44.0 Å². The largest absolute Gasteiger partial charge is 0.744 e. The van der Waals surface area contributed by atoms with Crippen LogP contribution in [0.5, 0.6) is 0 Å². The van der Waals surface area contributed by atoms with Crippen LogP contribution in [0.2, 0.25) is 0 Å². The molecule has 1 aliphatic rings. The third-order valence-corrected chi connectivity index (χ3v) is 5.60. The quantitative estimate of drug-likeness (QED) is 0.636. The monoisotopic (exact) mass is 297 g/mol. The number of hydrogen-bond donors (Lipinski definition) is 0. The van der Waals surface area contributed by atoms with Gasteiger partial charge >= 0.3 is 0 Å². The molecule has 0 radical (unpaired) electrons. The van der Waals surface area contributed by atoms with Crippen molar-refractivity contribution < 1.29 is 17.5 Å². The van der Waals surface area contributed by atoms with E-state index in [1.807, 2.05) is 6.92 Å². The number of benzene rings is 1. The molecule has 1 saturated heterocycles. The van der Waals surface area contributed by atoms with Gasteiger partial charge < -0.3 is 9.04 Å². The maximum atomic E-state index is 11.2. The summed E-state index contributed by atoms with van der Waals surface area (Å²) >= 11 is 0. The van der Waals surface area contributed by atoms with E-state index < -0.39 is 10.1 Å². The first-order valence-electron chi connectivity index (χ1n) is 7.18. The molecule has 0 aromatic heterocycles. The second-order valence-electron chi connectivity index (χ2n) is 6.00. The van der Waals surface area contributed by atoms with Crippen LogP contribution in [0.3, 0.4) is 0 Å². The van der Waals surface area contributed by atoms with Crippen molar-refractivity contribution >= 4 is 10.1 Å². The smallest absolute Gasteiger partial charge is 0.124 e. The van der Waals surface area contributed by atoms with Gasteiger partial charge in [0.1, 0.15) is 16.2 Å². The Bertz CT molecular complexity index is 597. The van der Waals surface area contributed by atoms with Crippen molar-refractivity contribution in [2.24, 2.45) is 0 Å². The Hall–Kier alpha value is -0.910. The van der Waals surface area contributed by atoms with Crippen LogP contribution in [0.15, 0.2) is 23.1 Å². The fraction of sp³-hybridized carbons (Fsp3) is 0.600. The number of piperidine rings is 1. The maximum Gasteiger partial charge on any atom is 0.124 e. The van der Waals surface area contributed by atoms with Crippen molar-refractivity contribution in [3.63, 3.8) is 0 Å². The summed E-state index contributed by atoms with van der Waals surface area (Å²) in [6.45, 7) is 6.28. The molecule has 1 aromatic rings. The summed E-state index contributed by atoms with van der Waals surface area (Å²) in [7, 11) is -2.16. The lowest BCUT2D eigenvalue weighted by molar-refractivity contribution is -0.942. The lowest BCUT2D eigenvalue weighted by atomic mass is 9.90. The van der Waals surface area contributed by atoms with Gasteiger partial charge in [-0.05, 0) is 44.4 Å². The first-order chi connectivity index (χ1) is 9.28. The number of nitrogens with zero attached hydrogens (tertiary/aromatic N) is 1. The second-order valence-corrected chi connectivity index (χ2v) is 7.38. The predicted octanol–water partition coefficient (Wildman–Crippen LogP) is 2.59. The summed E-state index contributed by atoms with van der Waals surface area (Å²) in [5, 5.41) is 0. The molecule has 0 bridgehead atoms. The van der Waals surface area contributed by atoms with Crippen LogP contribution in [0.1, 0.15) is 43.4 Å². The zero-order valence-corrected chi connectivity index (χ0v) is 13.2. The van der Waals surface area contributed by atoms with Crippen LogP contribution in [0, 0.1) is 6.92 Å². The molecule has 0 N–H and O–H groups in total. The van der Waals surface area contributed by atoms with E-state index in [9.17, 15) is 13.0 Å². The first kappa shape index (κ1) is 15.5. The Kier molecular flexibility index (Phi) is 4.23. The highest BCUT2D eigenvalue weighted by Crippen LogP contribution is 2.38. The van der Waals surface area contributed by atoms with Gasteiger partial charge in [0.2, 0.25) is 0 Å². The topological polar surface area (TPSA) is 57.2 Å². The van der Waals surface area contributed by atoms with Crippen molar-refractivity contribution in [1.82, 2.24) is 0 Å². The Labute approximate surface area is 121 Å². The van der Waals surface area contributed by atoms with Crippen LogP contribution in [0.25, 0.3) is 0 Å². The first-order valence-corrected chi connectivity index (χ1v) is 8.59. The van der Waals surface area contributed by atoms with Crippen LogP contribution in [0.4, 0.5) is 0 Å². The summed E-state index contributed by atoms with van der Waals surface area (Å²) < 4.78 is 34.7. The Morgan fingerprint density at radius 3 is 2.65 bits per heavy atom. The van der Waals surface area contributed by atoms with E-state index >= 15 is 0 Å². The number of likely N-dealkylation sites (tertiary alicyclic amines) is 1. The molecule has 0 spiro atoms. The number of quaternary nitrogens is 1. The van der Waals surface area contributed by atoms with E-state index in [0.29, 0.717) is 0 Å². The number of rotatable bonds is 3. The van der Waals surface area contributed by atoms with Crippen LogP contribution < -0.4 is 0 Å². The fourth-order valence-corrected chi connectivity index (χ4v) is 3.79. The van der Waals surface area contributed by atoms with Gasteiger partial charge in [0, 0.05) is 12.0 Å². The van der Waals surface area contributed by atoms with E-state index in [-0.39, 0.29) is 10.9 Å². The molecule has 2 unspecified atom stereocenters. The predicted molar refractivity (Wildman–Crippen MR) is 77.3 cm³/mol. The third-order valence-electron chi connectivity index (χ3n) is 4.77. The second kappa shape index (κ2) is 5.47. The molecule has 2 rings (SSSR count). The molecule has 1 aromatic carbocycles. The zero-order valence-electron chi connectivity index (χ0n) is 12.4. The van der Waals surface area contributed by atoms with E-state index in [1.54, 1.807) is 12.1 Å². The Morgan fingerprint density at radius 1 is 1.35 bits per heavy atom. The van der Waals surface area contributed by atoms with Gasteiger partial charge in [-0.25, -0.2) is 8.42 Å². The molecule has 1 aliphatic heterocycles. The molecule has 0 aliphatic carbocycles. The van der Waals surface area contributed by atoms with Crippen molar-refractivity contribution in [3.8, 4) is 0 Å². The summed E-state index contributed by atoms with van der Waals surface area (Å²) in [4.78, 5) is -0.105. The molecule has 1 heterocycles. The van der Waals surface area contributed by atoms with Gasteiger partial charge in [0.15, 0.2) is 0 Å². The Balaban J connectivity index is 2.50. The maximum absolute atomic E-state index is 11.2. The standard InChI is InChI=1S/C15H23NO3S/c1-4-16(3)10-6-5-7-15(16)14-11-13(20(17,18)19)9-8-12(14)2/h8-9,11,15H,4-7,10H2,1-3H3. The van der Waals surface area contributed by atoms with E-state index in [2.05, 4.69) is 14.0 Å². The number of hydrogen-bond acceptors (Lipinski definition) is 3. The van der Waals surface area contributed by atoms with Gasteiger partial charge in [0.05, 0.1) is 25.0 Å². The molecule has 20 heavy (non-hydrogen) atoms. The average Bonchev–Trinajstić information content (AvgIpc) is 2.39. The summed E-state index contributed by atoms with van der Waals surface area (Å²) in [6.07, 6.45) is 3.42. The van der Waals surface area contributed by atoms with Gasteiger partial charge in [-0.1, -0.05) is 6.07 Å². The highest BCUT2D eigenvalue weighted by molar-refractivity contribution is 7.85. The minimum Gasteiger partial charge on any atom is -0.744 e. The molecular formula is C15H23NO3S. The highest BCUT2D eigenvalue weighted by atomic mass is 32.2. The lowest BCUT2D eigenvalue weighted by Crippen LogP contribution is -2.50. The average molecular weight is 297 g/mol. The summed E-state index contributed by atoms with van der Waals surface area (Å²) in [5.41, 5.74) is 2.09. The molecule has 0 amide bonds. The van der Waals surface area contributed by atoms with Crippen LogP contribution in [-0.2, 0) is 10.1 Å². The normalized spacial score (nSPS) is 27.5. The van der Waals surface area contributed by atoms with Gasteiger partial charge in [-0.15, -0.1) is 0 Å². The molecular weight excluding hydrogens is 274 g/mol. The minimum absolute atomic E-state index is 0.105. The van der Waals surface area contributed by atoms with Gasteiger partial charge in [-0.2, -0.15) is 0 Å². The van der Waals surface area contributed by atoms with Crippen LogP contribution >= 0.6 is 0 Å². The molecule has 4 nitrogen and oxygen atoms in total. The van der Waals surface area contributed by atoms with Gasteiger partial charge in [0.25, 0.3) is 0 Å². The van der Waals surface area contributed by atoms with E-state index in [1.165, 1.54) is 12.5 Å². The van der Waals surface area contributed by atoms with E-state index in [4.69, 9.17) is 0 Å². The summed E-state index contributed by atoms with van der Waals surface area (Å²) in [5.74, 6) is 0. The third kappa shape index (κ3) is 2.90. The SMILES string of the molecule is CC[N+]1(C)CCCCC1c1cc(S(=O)(=O)[O-])ccc1C. The fourth-order valence-electron chi connectivity index (χ4n) is 3.28. The van der Waals surface area contributed by atoms with Crippen molar-refractivity contribution in [1.29, 1.82) is 0 Å². The molecule has 112 valence electrons. The van der Waals surface area contributed by atoms with E-state index in [0.717, 1.165) is 41.5 Å². The zero-order chi connectivity index (χ0) is 15.0.